The topological polar surface area (TPSA) is 82.2 Å². The Morgan fingerprint density at radius 2 is 1.83 bits per heavy atom. The average Bonchev–Trinajstić information content (AvgIpc) is 2.70. The first-order valence-electron chi connectivity index (χ1n) is 10.4. The van der Waals surface area contributed by atoms with E-state index >= 15 is 0 Å². The molecule has 2 amide bonds. The number of hydrogen-bond acceptors (Lipinski definition) is 5. The van der Waals surface area contributed by atoms with Gasteiger partial charge in [0.1, 0.15) is 5.82 Å². The molecule has 8 heteroatoms. The van der Waals surface area contributed by atoms with Gasteiger partial charge >= 0.3 is 6.03 Å². The number of amides is 2. The Morgan fingerprint density at radius 3 is 2.47 bits per heavy atom. The van der Waals surface area contributed by atoms with E-state index in [1.54, 1.807) is 6.20 Å². The van der Waals surface area contributed by atoms with Gasteiger partial charge in [0.2, 0.25) is 5.95 Å². The molecule has 162 valence electrons. The maximum Gasteiger partial charge on any atom is 0.319 e. The van der Waals surface area contributed by atoms with Crippen molar-refractivity contribution in [3.63, 3.8) is 0 Å². The van der Waals surface area contributed by atoms with E-state index in [1.165, 1.54) is 0 Å². The van der Waals surface area contributed by atoms with Crippen LogP contribution < -0.4 is 20.9 Å². The fourth-order valence-electron chi connectivity index (χ4n) is 3.86. The molecule has 1 heterocycles. The summed E-state index contributed by atoms with van der Waals surface area (Å²) >= 11 is 3.49. The van der Waals surface area contributed by atoms with E-state index < -0.39 is 0 Å². The van der Waals surface area contributed by atoms with Crippen molar-refractivity contribution in [2.24, 2.45) is 5.92 Å². The second-order valence-corrected chi connectivity index (χ2v) is 9.16. The van der Waals surface area contributed by atoms with Crippen LogP contribution in [0.25, 0.3) is 0 Å². The summed E-state index contributed by atoms with van der Waals surface area (Å²) < 4.78 is 1.02. The second kappa shape index (κ2) is 10.1. The summed E-state index contributed by atoms with van der Waals surface area (Å²) in [4.78, 5) is 23.2. The first-order chi connectivity index (χ1) is 14.3. The Morgan fingerprint density at radius 1 is 1.17 bits per heavy atom. The Labute approximate surface area is 187 Å². The van der Waals surface area contributed by atoms with Gasteiger partial charge < -0.3 is 20.9 Å². The number of anilines is 3. The van der Waals surface area contributed by atoms with Crippen LogP contribution in [0.2, 0.25) is 0 Å². The van der Waals surface area contributed by atoms with Crippen LogP contribution >= 0.6 is 15.9 Å². The normalized spacial score (nSPS) is 18.6. The summed E-state index contributed by atoms with van der Waals surface area (Å²) in [6.07, 6.45) is 6.03. The number of aromatic nitrogens is 2. The van der Waals surface area contributed by atoms with Crippen molar-refractivity contribution in [1.29, 1.82) is 0 Å². The number of urea groups is 1. The van der Waals surface area contributed by atoms with Crippen LogP contribution in [-0.4, -0.2) is 42.7 Å². The van der Waals surface area contributed by atoms with Crippen molar-refractivity contribution in [3.05, 3.63) is 40.0 Å². The number of carbonyl (C=O) groups is 1. The molecule has 3 N–H and O–H groups in total. The highest BCUT2D eigenvalue weighted by atomic mass is 79.9. The van der Waals surface area contributed by atoms with E-state index in [2.05, 4.69) is 41.8 Å². The van der Waals surface area contributed by atoms with Crippen LogP contribution in [-0.2, 0) is 0 Å². The fraction of sp³-hybridized carbons (Fsp3) is 0.500. The quantitative estimate of drug-likeness (QED) is 0.564. The van der Waals surface area contributed by atoms with E-state index in [1.807, 2.05) is 51.0 Å². The summed E-state index contributed by atoms with van der Waals surface area (Å²) in [6.45, 7) is 4.69. The van der Waals surface area contributed by atoms with Crippen molar-refractivity contribution in [2.75, 3.05) is 36.2 Å². The number of aryl methyl sites for hydroxylation is 2. The van der Waals surface area contributed by atoms with E-state index in [0.29, 0.717) is 24.5 Å². The van der Waals surface area contributed by atoms with Gasteiger partial charge in [0, 0.05) is 43.0 Å². The Hall–Kier alpha value is -2.35. The molecule has 1 aliphatic carbocycles. The molecular weight excluding hydrogens is 444 g/mol. The summed E-state index contributed by atoms with van der Waals surface area (Å²) in [7, 11) is 3.94. The van der Waals surface area contributed by atoms with Crippen molar-refractivity contribution >= 4 is 39.4 Å². The number of rotatable bonds is 6. The predicted molar refractivity (Wildman–Crippen MR) is 126 cm³/mol. The highest BCUT2D eigenvalue weighted by Crippen LogP contribution is 2.27. The zero-order valence-corrected chi connectivity index (χ0v) is 19.7. The number of halogens is 1. The maximum absolute atomic E-state index is 12.4. The first-order valence-corrected chi connectivity index (χ1v) is 11.2. The fourth-order valence-corrected chi connectivity index (χ4v) is 4.55. The molecule has 7 nitrogen and oxygen atoms in total. The number of nitrogens with one attached hydrogen (secondary N) is 3. The minimum atomic E-state index is -0.141. The largest absolute Gasteiger partial charge is 0.363 e. The van der Waals surface area contributed by atoms with Crippen LogP contribution in [0.4, 0.5) is 22.2 Å². The van der Waals surface area contributed by atoms with Gasteiger partial charge in [-0.1, -0.05) is 15.9 Å². The summed E-state index contributed by atoms with van der Waals surface area (Å²) in [6, 6.07) is 6.15. The monoisotopic (exact) mass is 474 g/mol. The average molecular weight is 475 g/mol. The van der Waals surface area contributed by atoms with Crippen molar-refractivity contribution in [3.8, 4) is 0 Å². The van der Waals surface area contributed by atoms with Gasteiger partial charge in [-0.25, -0.2) is 9.78 Å². The van der Waals surface area contributed by atoms with E-state index in [0.717, 1.165) is 52.8 Å². The number of hydrogen-bond donors (Lipinski definition) is 3. The molecule has 1 aromatic heterocycles. The van der Waals surface area contributed by atoms with Crippen molar-refractivity contribution in [1.82, 2.24) is 15.3 Å². The Balaban J connectivity index is 1.43. The molecule has 0 aliphatic heterocycles. The van der Waals surface area contributed by atoms with Gasteiger partial charge in [-0.15, -0.1) is 0 Å². The minimum Gasteiger partial charge on any atom is -0.363 e. The van der Waals surface area contributed by atoms with Gasteiger partial charge in [-0.3, -0.25) is 0 Å². The highest BCUT2D eigenvalue weighted by Gasteiger charge is 2.22. The van der Waals surface area contributed by atoms with Crippen LogP contribution in [0.1, 0.15) is 36.8 Å². The van der Waals surface area contributed by atoms with E-state index in [-0.39, 0.29) is 6.03 Å². The lowest BCUT2D eigenvalue weighted by molar-refractivity contribution is 0.246. The number of carbonyl (C=O) groups excluding carboxylic acids is 1. The zero-order valence-electron chi connectivity index (χ0n) is 18.1. The Kier molecular flexibility index (Phi) is 7.53. The number of nitrogens with zero attached hydrogens (tertiary/aromatic N) is 3. The van der Waals surface area contributed by atoms with Gasteiger partial charge in [0.25, 0.3) is 0 Å². The van der Waals surface area contributed by atoms with Crippen LogP contribution in [0, 0.1) is 19.8 Å². The van der Waals surface area contributed by atoms with Crippen LogP contribution in [0.15, 0.2) is 28.9 Å². The van der Waals surface area contributed by atoms with Gasteiger partial charge in [0.15, 0.2) is 0 Å². The molecule has 2 aromatic rings. The molecule has 1 fully saturated rings. The summed E-state index contributed by atoms with van der Waals surface area (Å²) in [5.41, 5.74) is 2.97. The molecule has 0 saturated heterocycles. The number of benzene rings is 1. The first kappa shape index (κ1) is 22.3. The van der Waals surface area contributed by atoms with E-state index in [9.17, 15) is 4.79 Å². The SMILES string of the molecule is Cc1cc(Br)cc(C)c1NC(=O)NC[C@H]1CC[C@@H](Nc2nccc(N(C)C)n2)CC1. The van der Waals surface area contributed by atoms with Crippen LogP contribution in [0.5, 0.6) is 0 Å². The minimum absolute atomic E-state index is 0.141. The highest BCUT2D eigenvalue weighted by molar-refractivity contribution is 9.10. The molecule has 1 aromatic carbocycles. The van der Waals surface area contributed by atoms with Crippen molar-refractivity contribution in [2.45, 2.75) is 45.6 Å². The van der Waals surface area contributed by atoms with Gasteiger partial charge in [0.05, 0.1) is 0 Å². The standard InChI is InChI=1S/C22H31BrN6O/c1-14-11-17(23)12-15(2)20(14)28-22(30)25-13-16-5-7-18(8-6-16)26-21-24-10-9-19(27-21)29(3)4/h9-12,16,18H,5-8,13H2,1-4H3,(H,24,26,27)(H2,25,28,30)/t16-,18+. The second-order valence-electron chi connectivity index (χ2n) is 8.24. The molecule has 1 aliphatic rings. The van der Waals surface area contributed by atoms with Crippen molar-refractivity contribution < 1.29 is 4.79 Å². The molecule has 0 unspecified atom stereocenters. The lowest BCUT2D eigenvalue weighted by Gasteiger charge is -2.29. The molecule has 3 rings (SSSR count). The third kappa shape index (κ3) is 6.08. The molecule has 1 saturated carbocycles. The molecule has 0 spiro atoms. The summed E-state index contributed by atoms with van der Waals surface area (Å²) in [5, 5.41) is 9.50. The third-order valence-electron chi connectivity index (χ3n) is 5.57. The van der Waals surface area contributed by atoms with Gasteiger partial charge in [-0.05, 0) is 74.8 Å². The zero-order chi connectivity index (χ0) is 21.7. The molecule has 0 atom stereocenters. The van der Waals surface area contributed by atoms with E-state index in [4.69, 9.17) is 0 Å². The lowest BCUT2D eigenvalue weighted by Crippen LogP contribution is -2.36. The third-order valence-corrected chi connectivity index (χ3v) is 6.02. The van der Waals surface area contributed by atoms with Gasteiger partial charge in [-0.2, -0.15) is 4.98 Å². The van der Waals surface area contributed by atoms with Crippen LogP contribution in [0.3, 0.4) is 0 Å². The molecule has 30 heavy (non-hydrogen) atoms. The maximum atomic E-state index is 12.4. The molecule has 0 radical (unpaired) electrons. The smallest absolute Gasteiger partial charge is 0.319 e. The molecule has 0 bridgehead atoms. The molecular formula is C22H31BrN6O. The Bertz CT molecular complexity index is 857. The predicted octanol–water partition coefficient (Wildman–Crippen LogP) is 4.71. The summed E-state index contributed by atoms with van der Waals surface area (Å²) in [5.74, 6) is 2.07. The lowest BCUT2D eigenvalue weighted by atomic mass is 9.86.